The Kier molecular flexibility index (Phi) is 5.19. The number of hydrogen-bond acceptors (Lipinski definition) is 1. The summed E-state index contributed by atoms with van der Waals surface area (Å²) in [5.74, 6) is -0.440. The minimum absolute atomic E-state index is 0.0252. The third-order valence-corrected chi connectivity index (χ3v) is 4.00. The molecule has 20 heavy (non-hydrogen) atoms. The zero-order chi connectivity index (χ0) is 14.7. The van der Waals surface area contributed by atoms with E-state index in [2.05, 4.69) is 15.9 Å². The van der Waals surface area contributed by atoms with Crippen LogP contribution in [0.4, 0.5) is 4.39 Å². The number of carbonyl (C=O) groups excluding carboxylic acids is 1. The summed E-state index contributed by atoms with van der Waals surface area (Å²) in [6.45, 7) is 0. The van der Waals surface area contributed by atoms with Crippen molar-refractivity contribution in [1.82, 2.24) is 0 Å². The molecule has 0 N–H and O–H groups in total. The summed E-state index contributed by atoms with van der Waals surface area (Å²) >= 11 is 15.3. The van der Waals surface area contributed by atoms with Gasteiger partial charge in [-0.1, -0.05) is 51.3 Å². The van der Waals surface area contributed by atoms with Gasteiger partial charge in [0.25, 0.3) is 0 Å². The lowest BCUT2D eigenvalue weighted by molar-refractivity contribution is -0.117. The van der Waals surface area contributed by atoms with Crippen molar-refractivity contribution in [3.8, 4) is 0 Å². The van der Waals surface area contributed by atoms with Gasteiger partial charge in [-0.25, -0.2) is 4.39 Å². The third-order valence-electron chi connectivity index (χ3n) is 2.81. The number of carbonyl (C=O) groups is 1. The Hall–Kier alpha value is -0.900. The van der Waals surface area contributed by atoms with Crippen LogP contribution in [0.5, 0.6) is 0 Å². The smallest absolute Gasteiger partial charge is 0.141 e. The standard InChI is InChI=1S/C15H10BrCl2FO/c16-11-3-1-9(14(17)7-11)5-13(20)6-10-2-4-12(19)8-15(10)18/h1-4,7-8H,5-6H2. The van der Waals surface area contributed by atoms with Gasteiger partial charge in [0, 0.05) is 27.4 Å². The molecule has 0 spiro atoms. The lowest BCUT2D eigenvalue weighted by Gasteiger charge is -2.06. The second kappa shape index (κ2) is 6.70. The monoisotopic (exact) mass is 374 g/mol. The highest BCUT2D eigenvalue weighted by Gasteiger charge is 2.11. The summed E-state index contributed by atoms with van der Waals surface area (Å²) in [4.78, 5) is 12.0. The van der Waals surface area contributed by atoms with Crippen LogP contribution in [-0.2, 0) is 17.6 Å². The number of rotatable bonds is 4. The minimum Gasteiger partial charge on any atom is -0.299 e. The van der Waals surface area contributed by atoms with Crippen molar-refractivity contribution in [3.05, 3.63) is 67.9 Å². The van der Waals surface area contributed by atoms with E-state index in [1.807, 2.05) is 6.07 Å². The summed E-state index contributed by atoms with van der Waals surface area (Å²) in [6, 6.07) is 9.40. The molecule has 0 amide bonds. The molecule has 0 saturated heterocycles. The first-order valence-corrected chi connectivity index (χ1v) is 7.40. The van der Waals surface area contributed by atoms with Crippen LogP contribution in [0.25, 0.3) is 0 Å². The average molecular weight is 376 g/mol. The van der Waals surface area contributed by atoms with Crippen molar-refractivity contribution in [1.29, 1.82) is 0 Å². The molecule has 2 aromatic rings. The summed E-state index contributed by atoms with van der Waals surface area (Å²) in [7, 11) is 0. The van der Waals surface area contributed by atoms with Gasteiger partial charge in [0.15, 0.2) is 0 Å². The summed E-state index contributed by atoms with van der Waals surface area (Å²) in [5.41, 5.74) is 1.38. The maximum Gasteiger partial charge on any atom is 0.141 e. The van der Waals surface area contributed by atoms with Crippen molar-refractivity contribution in [3.63, 3.8) is 0 Å². The molecule has 0 bridgehead atoms. The maximum atomic E-state index is 12.9. The topological polar surface area (TPSA) is 17.1 Å². The Bertz CT molecular complexity index is 603. The van der Waals surface area contributed by atoms with E-state index < -0.39 is 5.82 Å². The summed E-state index contributed by atoms with van der Waals surface area (Å²) in [5, 5.41) is 0.804. The van der Waals surface area contributed by atoms with Crippen LogP contribution in [0.1, 0.15) is 11.1 Å². The van der Waals surface area contributed by atoms with Crippen LogP contribution >= 0.6 is 39.1 Å². The van der Waals surface area contributed by atoms with E-state index in [1.54, 1.807) is 12.1 Å². The van der Waals surface area contributed by atoms with Crippen molar-refractivity contribution in [2.45, 2.75) is 12.8 Å². The molecule has 0 fully saturated rings. The molecular weight excluding hydrogens is 366 g/mol. The highest BCUT2D eigenvalue weighted by molar-refractivity contribution is 9.10. The van der Waals surface area contributed by atoms with Crippen molar-refractivity contribution in [2.24, 2.45) is 0 Å². The van der Waals surface area contributed by atoms with Gasteiger partial charge in [-0.3, -0.25) is 4.79 Å². The van der Waals surface area contributed by atoms with Crippen LogP contribution in [0, 0.1) is 5.82 Å². The molecule has 0 atom stereocenters. The fraction of sp³-hybridized carbons (Fsp3) is 0.133. The fourth-order valence-corrected chi connectivity index (χ4v) is 2.79. The lowest BCUT2D eigenvalue weighted by Crippen LogP contribution is -2.07. The predicted octanol–water partition coefficient (Wildman–Crippen LogP) is 5.25. The molecule has 2 aromatic carbocycles. The molecule has 5 heteroatoms. The largest absolute Gasteiger partial charge is 0.299 e. The van der Waals surface area contributed by atoms with E-state index in [4.69, 9.17) is 23.2 Å². The number of benzene rings is 2. The molecule has 0 saturated carbocycles. The second-order valence-electron chi connectivity index (χ2n) is 4.36. The third kappa shape index (κ3) is 4.05. The van der Waals surface area contributed by atoms with Gasteiger partial charge in [-0.2, -0.15) is 0 Å². The van der Waals surface area contributed by atoms with Crippen LogP contribution in [-0.4, -0.2) is 5.78 Å². The van der Waals surface area contributed by atoms with E-state index in [0.29, 0.717) is 10.6 Å². The maximum absolute atomic E-state index is 12.9. The first-order chi connectivity index (χ1) is 9.45. The van der Waals surface area contributed by atoms with Crippen LogP contribution < -0.4 is 0 Å². The van der Waals surface area contributed by atoms with Crippen LogP contribution in [0.3, 0.4) is 0 Å². The molecule has 0 aliphatic heterocycles. The molecule has 2 rings (SSSR count). The molecule has 0 aliphatic carbocycles. The van der Waals surface area contributed by atoms with Gasteiger partial charge in [0.05, 0.1) is 0 Å². The quantitative estimate of drug-likeness (QED) is 0.713. The molecule has 0 heterocycles. The molecule has 0 aliphatic rings. The van der Waals surface area contributed by atoms with E-state index in [1.165, 1.54) is 18.2 Å². The first-order valence-electron chi connectivity index (χ1n) is 5.85. The van der Waals surface area contributed by atoms with E-state index >= 15 is 0 Å². The van der Waals surface area contributed by atoms with Gasteiger partial charge in [-0.05, 0) is 35.4 Å². The highest BCUT2D eigenvalue weighted by Crippen LogP contribution is 2.23. The Morgan fingerprint density at radius 3 is 2.10 bits per heavy atom. The van der Waals surface area contributed by atoms with E-state index in [9.17, 15) is 9.18 Å². The lowest BCUT2D eigenvalue weighted by atomic mass is 10.0. The zero-order valence-corrected chi connectivity index (χ0v) is 13.4. The molecular formula is C15H10BrCl2FO. The van der Waals surface area contributed by atoms with Gasteiger partial charge in [0.1, 0.15) is 11.6 Å². The Morgan fingerprint density at radius 2 is 1.55 bits per heavy atom. The first kappa shape index (κ1) is 15.5. The van der Waals surface area contributed by atoms with Crippen LogP contribution in [0.15, 0.2) is 40.9 Å². The van der Waals surface area contributed by atoms with Crippen LogP contribution in [0.2, 0.25) is 10.0 Å². The number of halogens is 4. The van der Waals surface area contributed by atoms with Gasteiger partial charge in [-0.15, -0.1) is 0 Å². The van der Waals surface area contributed by atoms with Gasteiger partial charge in [0.2, 0.25) is 0 Å². The normalized spacial score (nSPS) is 10.6. The Balaban J connectivity index is 2.09. The SMILES string of the molecule is O=C(Cc1ccc(F)cc1Cl)Cc1ccc(Br)cc1Cl. The van der Waals surface area contributed by atoms with Gasteiger partial charge < -0.3 is 0 Å². The highest BCUT2D eigenvalue weighted by atomic mass is 79.9. The van der Waals surface area contributed by atoms with E-state index in [-0.39, 0.29) is 23.6 Å². The Morgan fingerprint density at radius 1 is 1.00 bits per heavy atom. The Labute approximate surface area is 134 Å². The minimum atomic E-state index is -0.415. The van der Waals surface area contributed by atoms with Crippen molar-refractivity contribution in [2.75, 3.05) is 0 Å². The number of hydrogen-bond donors (Lipinski definition) is 0. The average Bonchev–Trinajstić information content (AvgIpc) is 2.36. The molecule has 0 aromatic heterocycles. The molecule has 0 radical (unpaired) electrons. The number of ketones is 1. The van der Waals surface area contributed by atoms with Crippen molar-refractivity contribution < 1.29 is 9.18 Å². The zero-order valence-electron chi connectivity index (χ0n) is 10.3. The molecule has 104 valence electrons. The second-order valence-corrected chi connectivity index (χ2v) is 6.09. The predicted molar refractivity (Wildman–Crippen MR) is 83.0 cm³/mol. The fourth-order valence-electron chi connectivity index (χ4n) is 1.82. The van der Waals surface area contributed by atoms with Gasteiger partial charge >= 0.3 is 0 Å². The summed E-state index contributed by atoms with van der Waals surface area (Å²) in [6.07, 6.45) is 0.380. The molecule has 1 nitrogen and oxygen atoms in total. The summed E-state index contributed by atoms with van der Waals surface area (Å²) < 4.78 is 13.8. The van der Waals surface area contributed by atoms with Crippen molar-refractivity contribution >= 4 is 44.9 Å². The van der Waals surface area contributed by atoms with E-state index in [0.717, 1.165) is 10.0 Å². The number of Topliss-reactive ketones (excluding diaryl/α,β-unsaturated/α-hetero) is 1. The molecule has 0 unspecified atom stereocenters.